The van der Waals surface area contributed by atoms with Gasteiger partial charge in [0.15, 0.2) is 0 Å². The largest absolute Gasteiger partial charge is 0.396 e. The van der Waals surface area contributed by atoms with Crippen molar-refractivity contribution in [2.24, 2.45) is 0 Å². The molecular formula is C12H14ClNO3S3. The molecule has 0 aromatic carbocycles. The molecule has 2 aromatic rings. The van der Waals surface area contributed by atoms with E-state index in [2.05, 4.69) is 4.72 Å². The molecule has 0 aliphatic rings. The molecule has 0 saturated heterocycles. The topological polar surface area (TPSA) is 66.4 Å². The minimum atomic E-state index is -3.55. The summed E-state index contributed by atoms with van der Waals surface area (Å²) in [6.07, 6.45) is 0.469. The van der Waals surface area contributed by atoms with E-state index in [0.717, 1.165) is 9.75 Å². The molecule has 2 N–H and O–H groups in total. The fraction of sp³-hybridized carbons (Fsp3) is 0.333. The number of hydrogen-bond donors (Lipinski definition) is 2. The summed E-state index contributed by atoms with van der Waals surface area (Å²) < 4.78 is 28.0. The number of aliphatic hydroxyl groups excluding tert-OH is 1. The Morgan fingerprint density at radius 3 is 2.65 bits per heavy atom. The van der Waals surface area contributed by atoms with Crippen molar-refractivity contribution in [1.29, 1.82) is 0 Å². The average molecular weight is 352 g/mol. The Hall–Kier alpha value is -0.440. The zero-order chi connectivity index (χ0) is 14.8. The Morgan fingerprint density at radius 2 is 2.05 bits per heavy atom. The van der Waals surface area contributed by atoms with Crippen LogP contribution in [0.25, 0.3) is 0 Å². The fourth-order valence-corrected chi connectivity index (χ4v) is 5.38. The molecule has 2 heterocycles. The second-order valence-corrected chi connectivity index (χ2v) is 9.04. The van der Waals surface area contributed by atoms with E-state index in [0.29, 0.717) is 10.8 Å². The molecule has 1 atom stereocenters. The summed E-state index contributed by atoms with van der Waals surface area (Å²) in [6.45, 7) is 1.79. The number of rotatable bonds is 6. The van der Waals surface area contributed by atoms with Crippen LogP contribution in [0.2, 0.25) is 4.34 Å². The van der Waals surface area contributed by atoms with Crippen LogP contribution in [0, 0.1) is 0 Å². The van der Waals surface area contributed by atoms with Gasteiger partial charge in [-0.2, -0.15) is 0 Å². The predicted molar refractivity (Wildman–Crippen MR) is 83.2 cm³/mol. The van der Waals surface area contributed by atoms with Gasteiger partial charge in [0.2, 0.25) is 0 Å². The standard InChI is InChI=1S/C12H14ClNO3S3/c1-8(10-3-4-11(13)19-10)14-20(16,17)12-5-2-9(18-12)6-7-15/h2-5,8,14-15H,6-7H2,1H3. The third kappa shape index (κ3) is 3.81. The minimum absolute atomic E-state index is 0.0114. The van der Waals surface area contributed by atoms with Gasteiger partial charge in [0.1, 0.15) is 4.21 Å². The molecule has 0 bridgehead atoms. The predicted octanol–water partition coefficient (Wildman–Crippen LogP) is 3.04. The van der Waals surface area contributed by atoms with E-state index in [1.54, 1.807) is 25.1 Å². The molecule has 8 heteroatoms. The van der Waals surface area contributed by atoms with Gasteiger partial charge in [-0.25, -0.2) is 13.1 Å². The summed E-state index contributed by atoms with van der Waals surface area (Å²) in [6, 6.07) is 6.51. The van der Waals surface area contributed by atoms with Gasteiger partial charge in [0.25, 0.3) is 10.0 Å². The molecule has 20 heavy (non-hydrogen) atoms. The van der Waals surface area contributed by atoms with Crippen LogP contribution in [0.15, 0.2) is 28.5 Å². The van der Waals surface area contributed by atoms with Gasteiger partial charge in [-0.15, -0.1) is 22.7 Å². The van der Waals surface area contributed by atoms with E-state index in [4.69, 9.17) is 16.7 Å². The lowest BCUT2D eigenvalue weighted by molar-refractivity contribution is 0.300. The van der Waals surface area contributed by atoms with Crippen LogP contribution in [-0.2, 0) is 16.4 Å². The molecule has 1 unspecified atom stereocenters. The number of aliphatic hydroxyl groups is 1. The minimum Gasteiger partial charge on any atom is -0.396 e. The lowest BCUT2D eigenvalue weighted by Crippen LogP contribution is -2.25. The first-order valence-corrected chi connectivity index (χ1v) is 9.39. The Labute approximate surface area is 131 Å². The van der Waals surface area contributed by atoms with Crippen molar-refractivity contribution in [2.45, 2.75) is 23.6 Å². The normalized spacial score (nSPS) is 13.6. The second-order valence-electron chi connectivity index (χ2n) is 4.18. The highest BCUT2D eigenvalue weighted by Crippen LogP contribution is 2.29. The summed E-state index contributed by atoms with van der Waals surface area (Å²) in [5.41, 5.74) is 0. The van der Waals surface area contributed by atoms with Gasteiger partial charge in [0.05, 0.1) is 10.4 Å². The van der Waals surface area contributed by atoms with Crippen molar-refractivity contribution in [3.8, 4) is 0 Å². The number of thiophene rings is 2. The zero-order valence-electron chi connectivity index (χ0n) is 10.7. The molecule has 2 aromatic heterocycles. The molecule has 0 fully saturated rings. The highest BCUT2D eigenvalue weighted by Gasteiger charge is 2.21. The molecule has 4 nitrogen and oxygen atoms in total. The third-order valence-corrected chi connectivity index (χ3v) is 7.20. The van der Waals surface area contributed by atoms with Crippen molar-refractivity contribution in [1.82, 2.24) is 4.72 Å². The summed E-state index contributed by atoms with van der Waals surface area (Å²) in [7, 11) is -3.55. The van der Waals surface area contributed by atoms with Gasteiger partial charge in [-0.05, 0) is 31.2 Å². The molecule has 0 radical (unpaired) electrons. The van der Waals surface area contributed by atoms with Crippen LogP contribution in [0.1, 0.15) is 22.7 Å². The van der Waals surface area contributed by atoms with Crippen molar-refractivity contribution < 1.29 is 13.5 Å². The van der Waals surface area contributed by atoms with E-state index in [1.807, 2.05) is 6.07 Å². The van der Waals surface area contributed by atoms with E-state index in [-0.39, 0.29) is 16.9 Å². The molecule has 110 valence electrons. The summed E-state index contributed by atoms with van der Waals surface area (Å²) in [5, 5.41) is 8.86. The first-order chi connectivity index (χ1) is 9.42. The third-order valence-electron chi connectivity index (χ3n) is 2.61. The van der Waals surface area contributed by atoms with Gasteiger partial charge >= 0.3 is 0 Å². The van der Waals surface area contributed by atoms with Crippen LogP contribution < -0.4 is 4.72 Å². The van der Waals surface area contributed by atoms with Crippen molar-refractivity contribution in [3.63, 3.8) is 0 Å². The quantitative estimate of drug-likeness (QED) is 0.840. The Balaban J connectivity index is 2.13. The zero-order valence-corrected chi connectivity index (χ0v) is 13.9. The maximum Gasteiger partial charge on any atom is 0.250 e. The number of halogens is 1. The van der Waals surface area contributed by atoms with E-state index < -0.39 is 10.0 Å². The van der Waals surface area contributed by atoms with Crippen LogP contribution >= 0.6 is 34.3 Å². The van der Waals surface area contributed by atoms with Crippen LogP contribution in [0.5, 0.6) is 0 Å². The van der Waals surface area contributed by atoms with Gasteiger partial charge in [-0.1, -0.05) is 11.6 Å². The maximum absolute atomic E-state index is 12.2. The van der Waals surface area contributed by atoms with Crippen molar-refractivity contribution >= 4 is 44.3 Å². The molecule has 0 aliphatic carbocycles. The monoisotopic (exact) mass is 351 g/mol. The highest BCUT2D eigenvalue weighted by molar-refractivity contribution is 7.91. The van der Waals surface area contributed by atoms with Gasteiger partial charge in [-0.3, -0.25) is 0 Å². The van der Waals surface area contributed by atoms with Crippen LogP contribution in [0.3, 0.4) is 0 Å². The summed E-state index contributed by atoms with van der Waals surface area (Å²) in [5.74, 6) is 0. The molecule has 2 rings (SSSR count). The lowest BCUT2D eigenvalue weighted by Gasteiger charge is -2.11. The first-order valence-electron chi connectivity index (χ1n) is 5.89. The second kappa shape index (κ2) is 6.55. The fourth-order valence-electron chi connectivity index (χ4n) is 1.66. The van der Waals surface area contributed by atoms with Gasteiger partial charge < -0.3 is 5.11 Å². The van der Waals surface area contributed by atoms with Crippen LogP contribution in [0.4, 0.5) is 0 Å². The van der Waals surface area contributed by atoms with E-state index in [1.165, 1.54) is 22.7 Å². The van der Waals surface area contributed by atoms with Crippen molar-refractivity contribution in [2.75, 3.05) is 6.61 Å². The Morgan fingerprint density at radius 1 is 1.30 bits per heavy atom. The van der Waals surface area contributed by atoms with E-state index in [9.17, 15) is 8.42 Å². The molecule has 0 amide bonds. The number of nitrogens with one attached hydrogen (secondary N) is 1. The molecule has 0 aliphatic heterocycles. The molecular weight excluding hydrogens is 338 g/mol. The van der Waals surface area contributed by atoms with E-state index >= 15 is 0 Å². The van der Waals surface area contributed by atoms with Gasteiger partial charge in [0, 0.05) is 22.8 Å². The lowest BCUT2D eigenvalue weighted by atomic mass is 10.3. The smallest absolute Gasteiger partial charge is 0.250 e. The molecule has 0 saturated carbocycles. The highest BCUT2D eigenvalue weighted by atomic mass is 35.5. The summed E-state index contributed by atoms with van der Waals surface area (Å²) >= 11 is 8.38. The maximum atomic E-state index is 12.2. The number of sulfonamides is 1. The van der Waals surface area contributed by atoms with Crippen molar-refractivity contribution in [3.05, 3.63) is 38.4 Å². The Kier molecular flexibility index (Phi) is 5.22. The first kappa shape index (κ1) is 15.9. The molecule has 0 spiro atoms. The summed E-state index contributed by atoms with van der Waals surface area (Å²) in [4.78, 5) is 1.71. The number of hydrogen-bond acceptors (Lipinski definition) is 5. The SMILES string of the molecule is CC(NS(=O)(=O)c1ccc(CCO)s1)c1ccc(Cl)s1. The Bertz CT molecular complexity index is 678. The average Bonchev–Trinajstić information content (AvgIpc) is 2.98. The van der Waals surface area contributed by atoms with Crippen LogP contribution in [-0.4, -0.2) is 20.1 Å².